The highest BCUT2D eigenvalue weighted by atomic mass is 35.5. The van der Waals surface area contributed by atoms with E-state index < -0.39 is 9.84 Å². The first-order valence-electron chi connectivity index (χ1n) is 12.5. The summed E-state index contributed by atoms with van der Waals surface area (Å²) >= 11 is 6.37. The second-order valence-corrected chi connectivity index (χ2v) is 13.7. The van der Waals surface area contributed by atoms with Crippen molar-refractivity contribution in [3.05, 3.63) is 63.8 Å². The topological polar surface area (TPSA) is 108 Å². The Bertz CT molecular complexity index is 1570. The maximum atomic E-state index is 11.9. The van der Waals surface area contributed by atoms with E-state index in [4.69, 9.17) is 11.6 Å². The Labute approximate surface area is 220 Å². The number of halogens is 1. The molecule has 3 aliphatic heterocycles. The van der Waals surface area contributed by atoms with Crippen LogP contribution in [-0.2, 0) is 22.9 Å². The SMILES string of the molecule is Cc1nc(N2CC3(CC(c4nnc5n4-c4ccc(Cl)cc4CN(C4CS(=O)(=O)C4)C5)C3)C2)ccc1C#N. The van der Waals surface area contributed by atoms with Gasteiger partial charge in [-0.15, -0.1) is 10.2 Å². The van der Waals surface area contributed by atoms with E-state index in [2.05, 4.69) is 35.6 Å². The van der Waals surface area contributed by atoms with Crippen molar-refractivity contribution in [2.45, 2.75) is 44.8 Å². The second kappa shape index (κ2) is 8.00. The second-order valence-electron chi connectivity index (χ2n) is 11.1. The van der Waals surface area contributed by atoms with Gasteiger partial charge in [0.15, 0.2) is 15.7 Å². The molecule has 0 amide bonds. The fraction of sp³-hybridized carbons (Fsp3) is 0.462. The van der Waals surface area contributed by atoms with Gasteiger partial charge in [0, 0.05) is 42.0 Å². The standard InChI is InChI=1S/C26H26ClN7O2S/c1-16-17(9-28)2-5-23(29-16)33-14-26(15-33)7-19(8-26)25-31-30-24-11-32(21-12-37(35,36)13-21)10-18-6-20(27)3-4-22(18)34(24)25/h2-6,19,21H,7-8,10-15H2,1H3. The number of pyridine rings is 1. The highest BCUT2D eigenvalue weighted by Crippen LogP contribution is 2.56. The molecule has 1 saturated carbocycles. The van der Waals surface area contributed by atoms with E-state index in [1.54, 1.807) is 0 Å². The van der Waals surface area contributed by atoms with Gasteiger partial charge in [0.2, 0.25) is 0 Å². The molecule has 1 spiro atoms. The lowest BCUT2D eigenvalue weighted by molar-refractivity contribution is 0.0581. The average molecular weight is 536 g/mol. The summed E-state index contributed by atoms with van der Waals surface area (Å²) in [5.74, 6) is 3.48. The van der Waals surface area contributed by atoms with Crippen LogP contribution in [0.5, 0.6) is 0 Å². The zero-order valence-electron chi connectivity index (χ0n) is 20.4. The van der Waals surface area contributed by atoms with Gasteiger partial charge in [0.25, 0.3) is 0 Å². The van der Waals surface area contributed by atoms with Gasteiger partial charge >= 0.3 is 0 Å². The smallest absolute Gasteiger partial charge is 0.153 e. The van der Waals surface area contributed by atoms with E-state index in [0.717, 1.165) is 60.3 Å². The number of sulfone groups is 1. The lowest BCUT2D eigenvalue weighted by Crippen LogP contribution is -2.62. The quantitative estimate of drug-likeness (QED) is 0.503. The molecule has 7 rings (SSSR count). The number of rotatable bonds is 3. The van der Waals surface area contributed by atoms with Crippen LogP contribution in [0, 0.1) is 23.7 Å². The summed E-state index contributed by atoms with van der Waals surface area (Å²) in [5.41, 5.74) is 3.76. The van der Waals surface area contributed by atoms with Gasteiger partial charge in [-0.25, -0.2) is 13.4 Å². The van der Waals surface area contributed by atoms with Crippen LogP contribution in [0.1, 0.15) is 47.2 Å². The highest BCUT2D eigenvalue weighted by molar-refractivity contribution is 7.92. The first-order valence-corrected chi connectivity index (χ1v) is 14.7. The third-order valence-corrected chi connectivity index (χ3v) is 10.5. The molecule has 1 aromatic carbocycles. The van der Waals surface area contributed by atoms with Crippen molar-refractivity contribution in [2.75, 3.05) is 29.5 Å². The van der Waals surface area contributed by atoms with Crippen LogP contribution < -0.4 is 4.90 Å². The van der Waals surface area contributed by atoms with Gasteiger partial charge in [-0.3, -0.25) is 9.47 Å². The molecule has 0 bridgehead atoms. The van der Waals surface area contributed by atoms with E-state index >= 15 is 0 Å². The van der Waals surface area contributed by atoms with E-state index in [9.17, 15) is 13.7 Å². The molecule has 4 aliphatic rings. The van der Waals surface area contributed by atoms with Crippen LogP contribution in [0.3, 0.4) is 0 Å². The van der Waals surface area contributed by atoms with Gasteiger partial charge in [0.1, 0.15) is 17.7 Å². The molecule has 2 saturated heterocycles. The number of anilines is 1. The van der Waals surface area contributed by atoms with Crippen LogP contribution in [0.15, 0.2) is 30.3 Å². The molecule has 2 aromatic heterocycles. The predicted molar refractivity (Wildman–Crippen MR) is 138 cm³/mol. The van der Waals surface area contributed by atoms with Crippen molar-refractivity contribution in [3.63, 3.8) is 0 Å². The van der Waals surface area contributed by atoms with Crippen molar-refractivity contribution < 1.29 is 8.42 Å². The fourth-order valence-corrected chi connectivity index (χ4v) is 8.21. The Morgan fingerprint density at radius 2 is 1.89 bits per heavy atom. The highest BCUT2D eigenvalue weighted by Gasteiger charge is 2.54. The fourth-order valence-electron chi connectivity index (χ4n) is 6.52. The molecule has 3 aromatic rings. The summed E-state index contributed by atoms with van der Waals surface area (Å²) < 4.78 is 25.9. The van der Waals surface area contributed by atoms with Crippen molar-refractivity contribution in [1.29, 1.82) is 5.26 Å². The number of aromatic nitrogens is 4. The summed E-state index contributed by atoms with van der Waals surface area (Å²) in [4.78, 5) is 9.11. The van der Waals surface area contributed by atoms with Crippen molar-refractivity contribution in [1.82, 2.24) is 24.6 Å². The molecule has 0 atom stereocenters. The van der Waals surface area contributed by atoms with Gasteiger partial charge < -0.3 is 4.90 Å². The summed E-state index contributed by atoms with van der Waals surface area (Å²) in [6, 6.07) is 11.9. The first-order chi connectivity index (χ1) is 17.7. The number of hydrogen-bond donors (Lipinski definition) is 0. The zero-order chi connectivity index (χ0) is 25.5. The van der Waals surface area contributed by atoms with Crippen LogP contribution >= 0.6 is 11.6 Å². The Morgan fingerprint density at radius 1 is 1.11 bits per heavy atom. The van der Waals surface area contributed by atoms with E-state index in [1.165, 1.54) is 0 Å². The number of nitrogens with zero attached hydrogens (tertiary/aromatic N) is 7. The number of benzene rings is 1. The number of hydrogen-bond acceptors (Lipinski definition) is 8. The summed E-state index contributed by atoms with van der Waals surface area (Å²) in [6.45, 7) is 5.00. The number of fused-ring (bicyclic) bond motifs is 3. The molecule has 0 N–H and O–H groups in total. The molecular weight excluding hydrogens is 510 g/mol. The lowest BCUT2D eigenvalue weighted by atomic mass is 9.57. The Morgan fingerprint density at radius 3 is 2.59 bits per heavy atom. The summed E-state index contributed by atoms with van der Waals surface area (Å²) in [6.07, 6.45) is 2.09. The lowest BCUT2D eigenvalue weighted by Gasteiger charge is -2.59. The van der Waals surface area contributed by atoms with Crippen LogP contribution in [-0.4, -0.2) is 63.7 Å². The molecule has 37 heavy (non-hydrogen) atoms. The molecule has 5 heterocycles. The maximum absolute atomic E-state index is 11.9. The monoisotopic (exact) mass is 535 g/mol. The summed E-state index contributed by atoms with van der Waals surface area (Å²) in [7, 11) is -2.93. The first kappa shape index (κ1) is 23.1. The minimum Gasteiger partial charge on any atom is -0.355 e. The molecule has 11 heteroatoms. The van der Waals surface area contributed by atoms with Gasteiger partial charge in [-0.2, -0.15) is 5.26 Å². The largest absolute Gasteiger partial charge is 0.355 e. The van der Waals surface area contributed by atoms with E-state index in [0.29, 0.717) is 29.6 Å². The molecule has 1 aliphatic carbocycles. The molecule has 3 fully saturated rings. The van der Waals surface area contributed by atoms with Crippen LogP contribution in [0.25, 0.3) is 5.69 Å². The van der Waals surface area contributed by atoms with Gasteiger partial charge in [-0.05, 0) is 55.7 Å². The number of nitriles is 1. The Hall–Kier alpha value is -3.00. The van der Waals surface area contributed by atoms with Crippen molar-refractivity contribution in [2.24, 2.45) is 5.41 Å². The van der Waals surface area contributed by atoms with Crippen LogP contribution in [0.2, 0.25) is 5.02 Å². The normalized spacial score (nSPS) is 22.2. The van der Waals surface area contributed by atoms with Gasteiger partial charge in [0.05, 0.1) is 35.0 Å². The molecule has 0 radical (unpaired) electrons. The van der Waals surface area contributed by atoms with Crippen molar-refractivity contribution in [3.8, 4) is 11.8 Å². The number of aryl methyl sites for hydroxylation is 1. The van der Waals surface area contributed by atoms with Crippen LogP contribution in [0.4, 0.5) is 5.82 Å². The summed E-state index contributed by atoms with van der Waals surface area (Å²) in [5, 5.41) is 19.1. The minimum atomic E-state index is -2.93. The molecule has 9 nitrogen and oxygen atoms in total. The van der Waals surface area contributed by atoms with E-state index in [-0.39, 0.29) is 23.0 Å². The zero-order valence-corrected chi connectivity index (χ0v) is 22.0. The van der Waals surface area contributed by atoms with Gasteiger partial charge in [-0.1, -0.05) is 11.6 Å². The maximum Gasteiger partial charge on any atom is 0.153 e. The third-order valence-electron chi connectivity index (χ3n) is 8.46. The molecule has 0 unspecified atom stereocenters. The van der Waals surface area contributed by atoms with Crippen molar-refractivity contribution >= 4 is 27.3 Å². The minimum absolute atomic E-state index is 0.00376. The Kier molecular flexibility index (Phi) is 5.00. The predicted octanol–water partition coefficient (Wildman–Crippen LogP) is 2.99. The molecular formula is C26H26ClN7O2S. The third kappa shape index (κ3) is 3.75. The average Bonchev–Trinajstić information content (AvgIpc) is 3.11. The van der Waals surface area contributed by atoms with E-state index in [1.807, 2.05) is 37.3 Å². The Balaban J connectivity index is 1.12. The molecule has 190 valence electrons.